The summed E-state index contributed by atoms with van der Waals surface area (Å²) in [6.07, 6.45) is 3.53. The van der Waals surface area contributed by atoms with Crippen molar-refractivity contribution in [2.45, 2.75) is 52.0 Å². The zero-order valence-corrected chi connectivity index (χ0v) is 16.9. The summed E-state index contributed by atoms with van der Waals surface area (Å²) in [4.78, 5) is 27.4. The number of carbonyl (C=O) groups is 2. The number of nitrogens with one attached hydrogen (secondary N) is 1. The zero-order chi connectivity index (χ0) is 19.8. The van der Waals surface area contributed by atoms with E-state index in [1.165, 1.54) is 30.5 Å². The number of anilines is 1. The van der Waals surface area contributed by atoms with Crippen LogP contribution in [0.25, 0.3) is 0 Å². The molecule has 0 radical (unpaired) electrons. The molecular formula is C24H28N2O2. The number of hydrogen-bond acceptors (Lipinski definition) is 3. The Kier molecular flexibility index (Phi) is 5.07. The Hall–Kier alpha value is -2.46. The van der Waals surface area contributed by atoms with E-state index < -0.39 is 0 Å². The van der Waals surface area contributed by atoms with Crippen LogP contribution in [0.4, 0.5) is 5.69 Å². The molecule has 1 N–H and O–H groups in total. The smallest absolute Gasteiger partial charge is 0.255 e. The number of hydrogen-bond donors (Lipinski definition) is 1. The van der Waals surface area contributed by atoms with Crippen molar-refractivity contribution in [3.8, 4) is 0 Å². The Balaban J connectivity index is 1.58. The highest BCUT2D eigenvalue weighted by Crippen LogP contribution is 2.38. The third-order valence-electron chi connectivity index (χ3n) is 6.11. The number of amides is 1. The summed E-state index contributed by atoms with van der Waals surface area (Å²) >= 11 is 0. The Bertz CT molecular complexity index is 932. The van der Waals surface area contributed by atoms with E-state index in [9.17, 15) is 9.59 Å². The van der Waals surface area contributed by atoms with Gasteiger partial charge in [0.15, 0.2) is 5.78 Å². The maximum absolute atomic E-state index is 12.8. The van der Waals surface area contributed by atoms with Crippen LogP contribution in [0.2, 0.25) is 0 Å². The average molecular weight is 377 g/mol. The highest BCUT2D eigenvalue weighted by atomic mass is 16.1. The van der Waals surface area contributed by atoms with E-state index in [-0.39, 0.29) is 17.6 Å². The molecule has 146 valence electrons. The first-order valence-corrected chi connectivity index (χ1v) is 10.3. The van der Waals surface area contributed by atoms with Crippen molar-refractivity contribution in [3.63, 3.8) is 0 Å². The van der Waals surface area contributed by atoms with Gasteiger partial charge in [0.2, 0.25) is 0 Å². The molecule has 2 aliphatic rings. The van der Waals surface area contributed by atoms with E-state index in [4.69, 9.17) is 0 Å². The van der Waals surface area contributed by atoms with Crippen molar-refractivity contribution in [1.29, 1.82) is 0 Å². The lowest BCUT2D eigenvalue weighted by molar-refractivity contribution is 0.101. The molecule has 4 heteroatoms. The lowest BCUT2D eigenvalue weighted by atomic mass is 9.92. The van der Waals surface area contributed by atoms with E-state index in [1.54, 1.807) is 13.0 Å². The predicted molar refractivity (Wildman–Crippen MR) is 112 cm³/mol. The maximum Gasteiger partial charge on any atom is 0.255 e. The van der Waals surface area contributed by atoms with Gasteiger partial charge in [-0.05, 0) is 79.6 Å². The first kappa shape index (κ1) is 18.9. The molecule has 2 aromatic rings. The summed E-state index contributed by atoms with van der Waals surface area (Å²) in [5.41, 5.74) is 5.74. The molecule has 2 heterocycles. The summed E-state index contributed by atoms with van der Waals surface area (Å²) in [5.74, 6) is 0.0660. The number of Topliss-reactive ketones (excluding diaryl/α,β-unsaturated/α-hetero) is 1. The average Bonchev–Trinajstić information content (AvgIpc) is 3.16. The van der Waals surface area contributed by atoms with Crippen LogP contribution in [0.3, 0.4) is 0 Å². The molecule has 2 aromatic carbocycles. The molecule has 2 aliphatic heterocycles. The van der Waals surface area contributed by atoms with Crippen LogP contribution in [0.1, 0.15) is 83.0 Å². The number of rotatable bonds is 4. The van der Waals surface area contributed by atoms with Gasteiger partial charge in [0.05, 0.1) is 0 Å². The highest BCUT2D eigenvalue weighted by Gasteiger charge is 2.31. The molecule has 4 nitrogen and oxygen atoms in total. The van der Waals surface area contributed by atoms with E-state index in [0.29, 0.717) is 17.2 Å². The topological polar surface area (TPSA) is 49.4 Å². The van der Waals surface area contributed by atoms with Crippen LogP contribution in [0.15, 0.2) is 36.4 Å². The van der Waals surface area contributed by atoms with Gasteiger partial charge in [-0.1, -0.05) is 26.0 Å². The molecule has 0 bridgehead atoms. The van der Waals surface area contributed by atoms with Crippen molar-refractivity contribution in [1.82, 2.24) is 4.90 Å². The summed E-state index contributed by atoms with van der Waals surface area (Å²) in [6, 6.07) is 12.2. The van der Waals surface area contributed by atoms with E-state index in [0.717, 1.165) is 24.2 Å². The molecule has 0 saturated carbocycles. The number of ketones is 1. The van der Waals surface area contributed by atoms with Gasteiger partial charge in [-0.3, -0.25) is 14.5 Å². The van der Waals surface area contributed by atoms with Crippen LogP contribution in [0.5, 0.6) is 0 Å². The predicted octanol–water partition coefficient (Wildman–Crippen LogP) is 4.96. The monoisotopic (exact) mass is 376 g/mol. The Morgan fingerprint density at radius 1 is 1.11 bits per heavy atom. The number of carbonyl (C=O) groups excluding carboxylic acids is 2. The minimum Gasteiger partial charge on any atom is -0.322 e. The fourth-order valence-corrected chi connectivity index (χ4v) is 4.63. The fourth-order valence-electron chi connectivity index (χ4n) is 4.63. The van der Waals surface area contributed by atoms with E-state index in [1.807, 2.05) is 18.2 Å². The largest absolute Gasteiger partial charge is 0.322 e. The molecule has 0 aliphatic carbocycles. The summed E-state index contributed by atoms with van der Waals surface area (Å²) in [5, 5.41) is 3.03. The lowest BCUT2D eigenvalue weighted by Gasteiger charge is -2.32. The minimum atomic E-state index is -0.170. The van der Waals surface area contributed by atoms with Crippen molar-refractivity contribution in [2.24, 2.45) is 0 Å². The Morgan fingerprint density at radius 3 is 2.68 bits per heavy atom. The van der Waals surface area contributed by atoms with Crippen LogP contribution in [0, 0.1) is 0 Å². The van der Waals surface area contributed by atoms with Gasteiger partial charge in [-0.25, -0.2) is 0 Å². The molecule has 1 atom stereocenters. The van der Waals surface area contributed by atoms with Gasteiger partial charge in [0.1, 0.15) is 0 Å². The normalized spacial score (nSPS) is 18.6. The number of fused-ring (bicyclic) bond motifs is 3. The SMILES string of the molecule is CC(=O)c1cc(C(=O)Nc2ccc3c(c2)C2CCCN2CC3)ccc1C(C)C. The van der Waals surface area contributed by atoms with Gasteiger partial charge in [-0.2, -0.15) is 0 Å². The Labute approximate surface area is 166 Å². The Morgan fingerprint density at radius 2 is 1.93 bits per heavy atom. The van der Waals surface area contributed by atoms with Crippen molar-refractivity contribution in [2.75, 3.05) is 18.4 Å². The molecular weight excluding hydrogens is 348 g/mol. The molecule has 0 aromatic heterocycles. The quantitative estimate of drug-likeness (QED) is 0.768. The third kappa shape index (κ3) is 3.49. The second kappa shape index (κ2) is 7.51. The lowest BCUT2D eigenvalue weighted by Crippen LogP contribution is -2.31. The van der Waals surface area contributed by atoms with Crippen LogP contribution in [-0.2, 0) is 6.42 Å². The standard InChI is InChI=1S/C24H28N2O2/c1-15(2)20-9-7-18(13-21(20)16(3)27)24(28)25-19-8-6-17-10-12-26-11-4-5-23(26)22(17)14-19/h6-9,13-15,23H,4-5,10-12H2,1-3H3,(H,25,28). The van der Waals surface area contributed by atoms with Gasteiger partial charge in [0, 0.05) is 29.4 Å². The molecule has 0 spiro atoms. The van der Waals surface area contributed by atoms with Crippen LogP contribution >= 0.6 is 0 Å². The van der Waals surface area contributed by atoms with E-state index >= 15 is 0 Å². The minimum absolute atomic E-state index is 0.00606. The van der Waals surface area contributed by atoms with Gasteiger partial charge >= 0.3 is 0 Å². The van der Waals surface area contributed by atoms with Crippen molar-refractivity contribution < 1.29 is 9.59 Å². The molecule has 4 rings (SSSR count). The van der Waals surface area contributed by atoms with Crippen molar-refractivity contribution >= 4 is 17.4 Å². The second-order valence-corrected chi connectivity index (χ2v) is 8.32. The van der Waals surface area contributed by atoms with Gasteiger partial charge in [-0.15, -0.1) is 0 Å². The van der Waals surface area contributed by atoms with Gasteiger partial charge < -0.3 is 5.32 Å². The van der Waals surface area contributed by atoms with Gasteiger partial charge in [0.25, 0.3) is 5.91 Å². The summed E-state index contributed by atoms with van der Waals surface area (Å²) < 4.78 is 0. The first-order chi connectivity index (χ1) is 13.4. The molecule has 28 heavy (non-hydrogen) atoms. The molecule has 1 saturated heterocycles. The third-order valence-corrected chi connectivity index (χ3v) is 6.11. The first-order valence-electron chi connectivity index (χ1n) is 10.3. The highest BCUT2D eigenvalue weighted by molar-refractivity contribution is 6.06. The summed E-state index contributed by atoms with van der Waals surface area (Å²) in [6.45, 7) is 7.98. The fraction of sp³-hybridized carbons (Fsp3) is 0.417. The van der Waals surface area contributed by atoms with Crippen LogP contribution < -0.4 is 5.32 Å². The zero-order valence-electron chi connectivity index (χ0n) is 16.9. The molecule has 1 unspecified atom stereocenters. The molecule has 1 fully saturated rings. The number of nitrogens with zero attached hydrogens (tertiary/aromatic N) is 1. The number of benzene rings is 2. The second-order valence-electron chi connectivity index (χ2n) is 8.32. The van der Waals surface area contributed by atoms with Crippen molar-refractivity contribution in [3.05, 3.63) is 64.2 Å². The van der Waals surface area contributed by atoms with E-state index in [2.05, 4.69) is 36.2 Å². The molecule has 1 amide bonds. The van der Waals surface area contributed by atoms with Crippen LogP contribution in [-0.4, -0.2) is 29.7 Å². The summed E-state index contributed by atoms with van der Waals surface area (Å²) in [7, 11) is 0. The maximum atomic E-state index is 12.8.